The van der Waals surface area contributed by atoms with Crippen molar-refractivity contribution in [1.29, 1.82) is 0 Å². The predicted molar refractivity (Wildman–Crippen MR) is 98.0 cm³/mol. The summed E-state index contributed by atoms with van der Waals surface area (Å²) in [6, 6.07) is 16.4. The Bertz CT molecular complexity index is 553. The lowest BCUT2D eigenvalue weighted by Crippen LogP contribution is -2.43. The average molecular weight is 417 g/mol. The Morgan fingerprint density at radius 1 is 0.857 bits per heavy atom. The molecule has 1 aliphatic heterocycles. The fourth-order valence-electron chi connectivity index (χ4n) is 2.29. The molecule has 1 aliphatic rings. The van der Waals surface area contributed by atoms with E-state index in [0.717, 1.165) is 37.7 Å². The molecule has 0 aliphatic carbocycles. The zero-order valence-corrected chi connectivity index (χ0v) is 14.6. The van der Waals surface area contributed by atoms with Gasteiger partial charge in [0.1, 0.15) is 11.5 Å². The van der Waals surface area contributed by atoms with Gasteiger partial charge in [-0.15, -0.1) is 12.4 Å². The third-order valence-corrected chi connectivity index (χ3v) is 4.09. The van der Waals surface area contributed by atoms with Crippen LogP contribution in [-0.4, -0.2) is 26.2 Å². The predicted octanol–water partition coefficient (Wildman–Crippen LogP) is 3.91. The Balaban J connectivity index is 0.00000161. The molecule has 0 bridgehead atoms. The lowest BCUT2D eigenvalue weighted by molar-refractivity contribution is 0.482. The van der Waals surface area contributed by atoms with Crippen LogP contribution in [0.25, 0.3) is 0 Å². The molecule has 0 amide bonds. The molecule has 0 saturated carbocycles. The minimum absolute atomic E-state index is 0. The quantitative estimate of drug-likeness (QED) is 0.768. The van der Waals surface area contributed by atoms with Gasteiger partial charge < -0.3 is 15.0 Å². The second kappa shape index (κ2) is 7.87. The molecule has 5 heteroatoms. The van der Waals surface area contributed by atoms with Crippen LogP contribution < -0.4 is 15.0 Å². The van der Waals surface area contributed by atoms with Crippen LogP contribution in [0.2, 0.25) is 0 Å². The highest BCUT2D eigenvalue weighted by Crippen LogP contribution is 2.25. The number of nitrogens with zero attached hydrogens (tertiary/aromatic N) is 1. The van der Waals surface area contributed by atoms with E-state index in [1.807, 2.05) is 36.4 Å². The van der Waals surface area contributed by atoms with Gasteiger partial charge in [0.2, 0.25) is 0 Å². The molecule has 1 fully saturated rings. The first-order valence-corrected chi connectivity index (χ1v) is 7.88. The van der Waals surface area contributed by atoms with E-state index in [2.05, 4.69) is 44.9 Å². The summed E-state index contributed by atoms with van der Waals surface area (Å²) in [5.74, 6) is 1.76. The van der Waals surface area contributed by atoms with Crippen LogP contribution in [0.4, 0.5) is 5.69 Å². The molecule has 0 aromatic heterocycles. The number of rotatable bonds is 3. The number of benzene rings is 2. The monoisotopic (exact) mass is 416 g/mol. The van der Waals surface area contributed by atoms with Crippen molar-refractivity contribution < 1.29 is 4.74 Å². The minimum atomic E-state index is 0. The molecule has 0 unspecified atom stereocenters. The van der Waals surface area contributed by atoms with Crippen molar-refractivity contribution in [1.82, 2.24) is 5.32 Å². The second-order valence-electron chi connectivity index (χ2n) is 4.79. The molecule has 1 heterocycles. The Hall–Kier alpha value is -0.980. The fraction of sp³-hybridized carbons (Fsp3) is 0.250. The first-order chi connectivity index (χ1) is 9.81. The van der Waals surface area contributed by atoms with Crippen molar-refractivity contribution in [2.45, 2.75) is 0 Å². The molecule has 1 N–H and O–H groups in total. The molecular formula is C16H18ClIN2O. The van der Waals surface area contributed by atoms with Gasteiger partial charge >= 0.3 is 0 Å². The maximum absolute atomic E-state index is 5.84. The number of ether oxygens (including phenoxy) is 1. The largest absolute Gasteiger partial charge is 0.457 e. The molecule has 0 spiro atoms. The molecule has 0 radical (unpaired) electrons. The van der Waals surface area contributed by atoms with Crippen molar-refractivity contribution in [3.63, 3.8) is 0 Å². The van der Waals surface area contributed by atoms with Gasteiger partial charge in [-0.25, -0.2) is 0 Å². The third kappa shape index (κ3) is 4.49. The fourth-order valence-corrected chi connectivity index (χ4v) is 2.65. The molecule has 0 atom stereocenters. The van der Waals surface area contributed by atoms with Gasteiger partial charge in [0.25, 0.3) is 0 Å². The Morgan fingerprint density at radius 2 is 1.38 bits per heavy atom. The van der Waals surface area contributed by atoms with Gasteiger partial charge in [0.05, 0.1) is 0 Å². The molecule has 21 heavy (non-hydrogen) atoms. The highest BCUT2D eigenvalue weighted by atomic mass is 127. The van der Waals surface area contributed by atoms with Gasteiger partial charge in [-0.3, -0.25) is 0 Å². The minimum Gasteiger partial charge on any atom is -0.457 e. The molecule has 112 valence electrons. The number of nitrogens with one attached hydrogen (secondary N) is 1. The number of anilines is 1. The number of halogens is 2. The molecule has 2 aromatic carbocycles. The molecule has 3 rings (SSSR count). The lowest BCUT2D eigenvalue weighted by Gasteiger charge is -2.29. The highest BCUT2D eigenvalue weighted by Gasteiger charge is 2.10. The summed E-state index contributed by atoms with van der Waals surface area (Å²) in [4.78, 5) is 2.39. The Morgan fingerprint density at radius 3 is 1.95 bits per heavy atom. The van der Waals surface area contributed by atoms with Crippen molar-refractivity contribution >= 4 is 40.7 Å². The Kier molecular flexibility index (Phi) is 6.14. The summed E-state index contributed by atoms with van der Waals surface area (Å²) in [5.41, 5.74) is 1.27. The second-order valence-corrected chi connectivity index (χ2v) is 6.03. The van der Waals surface area contributed by atoms with Gasteiger partial charge in [0.15, 0.2) is 0 Å². The summed E-state index contributed by atoms with van der Waals surface area (Å²) >= 11 is 2.29. The lowest BCUT2D eigenvalue weighted by atomic mass is 10.2. The van der Waals surface area contributed by atoms with Gasteiger partial charge in [0, 0.05) is 35.4 Å². The summed E-state index contributed by atoms with van der Waals surface area (Å²) < 4.78 is 7.05. The van der Waals surface area contributed by atoms with E-state index in [-0.39, 0.29) is 12.4 Å². The zero-order valence-electron chi connectivity index (χ0n) is 11.6. The first kappa shape index (κ1) is 16.4. The van der Waals surface area contributed by atoms with Gasteiger partial charge in [-0.05, 0) is 71.1 Å². The van der Waals surface area contributed by atoms with E-state index in [0.29, 0.717) is 0 Å². The maximum Gasteiger partial charge on any atom is 0.127 e. The standard InChI is InChI=1S/C16H17IN2O.ClH/c17-13-1-5-15(6-2-13)20-16-7-3-14(4-8-16)19-11-9-18-10-12-19;/h1-8,18H,9-12H2;1H. The van der Waals surface area contributed by atoms with Crippen molar-refractivity contribution in [3.8, 4) is 11.5 Å². The van der Waals surface area contributed by atoms with Crippen LogP contribution >= 0.6 is 35.0 Å². The zero-order chi connectivity index (χ0) is 13.8. The molecular weight excluding hydrogens is 399 g/mol. The van der Waals surface area contributed by atoms with Crippen LogP contribution in [0.15, 0.2) is 48.5 Å². The summed E-state index contributed by atoms with van der Waals surface area (Å²) in [7, 11) is 0. The topological polar surface area (TPSA) is 24.5 Å². The van der Waals surface area contributed by atoms with Crippen LogP contribution in [0, 0.1) is 3.57 Å². The SMILES string of the molecule is Cl.Ic1ccc(Oc2ccc(N3CCNCC3)cc2)cc1. The summed E-state index contributed by atoms with van der Waals surface area (Å²) in [6.45, 7) is 4.25. The van der Waals surface area contributed by atoms with Crippen molar-refractivity contribution in [2.24, 2.45) is 0 Å². The third-order valence-electron chi connectivity index (χ3n) is 3.37. The van der Waals surface area contributed by atoms with E-state index in [1.165, 1.54) is 9.26 Å². The normalized spacial score (nSPS) is 14.4. The number of hydrogen-bond donors (Lipinski definition) is 1. The maximum atomic E-state index is 5.84. The smallest absolute Gasteiger partial charge is 0.127 e. The highest BCUT2D eigenvalue weighted by molar-refractivity contribution is 14.1. The summed E-state index contributed by atoms with van der Waals surface area (Å²) in [6.07, 6.45) is 0. The average Bonchev–Trinajstić information content (AvgIpc) is 2.51. The van der Waals surface area contributed by atoms with Crippen molar-refractivity contribution in [3.05, 3.63) is 52.1 Å². The number of hydrogen-bond acceptors (Lipinski definition) is 3. The van der Waals surface area contributed by atoms with E-state index >= 15 is 0 Å². The van der Waals surface area contributed by atoms with Crippen LogP contribution in [0.1, 0.15) is 0 Å². The van der Waals surface area contributed by atoms with Crippen molar-refractivity contribution in [2.75, 3.05) is 31.1 Å². The molecule has 1 saturated heterocycles. The van der Waals surface area contributed by atoms with Crippen LogP contribution in [-0.2, 0) is 0 Å². The van der Waals surface area contributed by atoms with Crippen LogP contribution in [0.3, 0.4) is 0 Å². The van der Waals surface area contributed by atoms with Gasteiger partial charge in [-0.1, -0.05) is 0 Å². The van der Waals surface area contributed by atoms with Gasteiger partial charge in [-0.2, -0.15) is 0 Å². The van der Waals surface area contributed by atoms with E-state index in [9.17, 15) is 0 Å². The summed E-state index contributed by atoms with van der Waals surface area (Å²) in [5, 5.41) is 3.37. The molecule has 3 nitrogen and oxygen atoms in total. The Labute approximate surface area is 145 Å². The van der Waals surface area contributed by atoms with Crippen LogP contribution in [0.5, 0.6) is 11.5 Å². The molecule has 2 aromatic rings. The van der Waals surface area contributed by atoms with E-state index < -0.39 is 0 Å². The number of piperazine rings is 1. The van der Waals surface area contributed by atoms with E-state index in [1.54, 1.807) is 0 Å². The first-order valence-electron chi connectivity index (χ1n) is 6.80. The van der Waals surface area contributed by atoms with E-state index in [4.69, 9.17) is 4.74 Å².